The monoisotopic (exact) mass is 371 g/mol. The van der Waals surface area contributed by atoms with Gasteiger partial charge in [-0.3, -0.25) is 0 Å². The van der Waals surface area contributed by atoms with Crippen molar-refractivity contribution in [1.82, 2.24) is 4.57 Å². The SMILES string of the molecule is CCCCCCCCn1c2ccc(Cl)cc2c2ccc(C(C)CO)cc21. The van der Waals surface area contributed by atoms with Crippen LogP contribution in [0.5, 0.6) is 0 Å². The van der Waals surface area contributed by atoms with Crippen molar-refractivity contribution in [3.63, 3.8) is 0 Å². The largest absolute Gasteiger partial charge is 0.396 e. The van der Waals surface area contributed by atoms with Gasteiger partial charge in [0.2, 0.25) is 0 Å². The summed E-state index contributed by atoms with van der Waals surface area (Å²) in [5, 5.41) is 12.8. The second-order valence-corrected chi connectivity index (χ2v) is 7.88. The van der Waals surface area contributed by atoms with Crippen molar-refractivity contribution in [3.05, 3.63) is 47.0 Å². The van der Waals surface area contributed by atoms with E-state index in [1.165, 1.54) is 65.9 Å². The van der Waals surface area contributed by atoms with Crippen LogP contribution in [-0.2, 0) is 6.54 Å². The Morgan fingerprint density at radius 2 is 1.69 bits per heavy atom. The summed E-state index contributed by atoms with van der Waals surface area (Å²) < 4.78 is 2.44. The van der Waals surface area contributed by atoms with Gasteiger partial charge < -0.3 is 9.67 Å². The smallest absolute Gasteiger partial charge is 0.0497 e. The van der Waals surface area contributed by atoms with Crippen molar-refractivity contribution in [2.45, 2.75) is 64.8 Å². The van der Waals surface area contributed by atoms with Crippen molar-refractivity contribution in [1.29, 1.82) is 0 Å². The van der Waals surface area contributed by atoms with E-state index in [0.717, 1.165) is 11.6 Å². The Labute approximate surface area is 161 Å². The topological polar surface area (TPSA) is 25.2 Å². The molecule has 3 heteroatoms. The minimum atomic E-state index is 0.156. The van der Waals surface area contributed by atoms with E-state index in [-0.39, 0.29) is 12.5 Å². The molecule has 3 rings (SSSR count). The highest BCUT2D eigenvalue weighted by atomic mass is 35.5. The van der Waals surface area contributed by atoms with E-state index in [1.807, 2.05) is 6.07 Å². The predicted molar refractivity (Wildman–Crippen MR) is 113 cm³/mol. The molecule has 1 N–H and O–H groups in total. The molecular weight excluding hydrogens is 342 g/mol. The molecule has 0 aliphatic heterocycles. The Kier molecular flexibility index (Phi) is 6.61. The summed E-state index contributed by atoms with van der Waals surface area (Å²) >= 11 is 6.27. The van der Waals surface area contributed by atoms with E-state index in [4.69, 9.17) is 11.6 Å². The van der Waals surface area contributed by atoms with Gasteiger partial charge in [0.05, 0.1) is 0 Å². The molecule has 0 aliphatic rings. The third-order valence-corrected chi connectivity index (χ3v) is 5.67. The highest BCUT2D eigenvalue weighted by Crippen LogP contribution is 2.33. The quantitative estimate of drug-likeness (QED) is 0.406. The molecule has 0 amide bonds. The maximum atomic E-state index is 9.53. The molecule has 140 valence electrons. The minimum Gasteiger partial charge on any atom is -0.396 e. The van der Waals surface area contributed by atoms with Gasteiger partial charge in [0.25, 0.3) is 0 Å². The van der Waals surface area contributed by atoms with Gasteiger partial charge in [0.1, 0.15) is 0 Å². The van der Waals surface area contributed by atoms with E-state index in [0.29, 0.717) is 0 Å². The second kappa shape index (κ2) is 8.92. The average molecular weight is 372 g/mol. The van der Waals surface area contributed by atoms with E-state index in [1.54, 1.807) is 0 Å². The van der Waals surface area contributed by atoms with Crippen molar-refractivity contribution < 1.29 is 5.11 Å². The molecule has 0 bridgehead atoms. The summed E-state index contributed by atoms with van der Waals surface area (Å²) in [6.07, 6.45) is 7.78. The number of fused-ring (bicyclic) bond motifs is 3. The summed E-state index contributed by atoms with van der Waals surface area (Å²) in [6.45, 7) is 5.53. The third-order valence-electron chi connectivity index (χ3n) is 5.43. The molecule has 0 saturated carbocycles. The number of aryl methyl sites for hydroxylation is 1. The van der Waals surface area contributed by atoms with Crippen LogP contribution in [0.15, 0.2) is 36.4 Å². The molecule has 0 radical (unpaired) electrons. The molecule has 26 heavy (non-hydrogen) atoms. The van der Waals surface area contributed by atoms with Crippen LogP contribution in [0, 0.1) is 0 Å². The van der Waals surface area contributed by atoms with Crippen LogP contribution in [-0.4, -0.2) is 16.3 Å². The van der Waals surface area contributed by atoms with Crippen LogP contribution in [0.25, 0.3) is 21.8 Å². The molecule has 1 heterocycles. The summed E-state index contributed by atoms with van der Waals surface area (Å²) in [5.41, 5.74) is 3.71. The van der Waals surface area contributed by atoms with Gasteiger partial charge >= 0.3 is 0 Å². The van der Waals surface area contributed by atoms with Gasteiger partial charge in [0, 0.05) is 45.9 Å². The zero-order valence-electron chi connectivity index (χ0n) is 16.0. The van der Waals surface area contributed by atoms with Crippen LogP contribution in [0.2, 0.25) is 5.02 Å². The zero-order chi connectivity index (χ0) is 18.5. The van der Waals surface area contributed by atoms with Crippen LogP contribution < -0.4 is 0 Å². The molecule has 1 unspecified atom stereocenters. The molecule has 2 nitrogen and oxygen atoms in total. The Bertz CT molecular complexity index is 867. The predicted octanol–water partition coefficient (Wildman–Crippen LogP) is 6.90. The number of halogens is 1. The number of aromatic nitrogens is 1. The number of rotatable bonds is 9. The van der Waals surface area contributed by atoms with Crippen LogP contribution in [0.4, 0.5) is 0 Å². The lowest BCUT2D eigenvalue weighted by molar-refractivity contribution is 0.273. The van der Waals surface area contributed by atoms with Crippen LogP contribution >= 0.6 is 11.6 Å². The van der Waals surface area contributed by atoms with Crippen molar-refractivity contribution >= 4 is 33.4 Å². The maximum absolute atomic E-state index is 9.53. The number of nitrogens with zero attached hydrogens (tertiary/aromatic N) is 1. The van der Waals surface area contributed by atoms with Gasteiger partial charge in [-0.2, -0.15) is 0 Å². The summed E-state index contributed by atoms with van der Waals surface area (Å²) in [6, 6.07) is 12.8. The lowest BCUT2D eigenvalue weighted by atomic mass is 10.0. The standard InChI is InChI=1S/C23H30ClNO/c1-3-4-5-6-7-8-13-25-22-12-10-19(24)15-21(22)20-11-9-18(14-23(20)25)17(2)16-26/h9-12,14-15,17,26H,3-8,13,16H2,1-2H3. The number of hydrogen-bond donors (Lipinski definition) is 1. The minimum absolute atomic E-state index is 0.156. The normalized spacial score (nSPS) is 12.9. The van der Waals surface area contributed by atoms with Gasteiger partial charge in [0.15, 0.2) is 0 Å². The molecule has 1 aromatic heterocycles. The summed E-state index contributed by atoms with van der Waals surface area (Å²) in [4.78, 5) is 0. The third kappa shape index (κ3) is 4.07. The van der Waals surface area contributed by atoms with Gasteiger partial charge in [-0.25, -0.2) is 0 Å². The van der Waals surface area contributed by atoms with E-state index in [2.05, 4.69) is 48.7 Å². The molecule has 0 spiro atoms. The molecule has 3 aromatic rings. The van der Waals surface area contributed by atoms with Crippen molar-refractivity contribution in [3.8, 4) is 0 Å². The van der Waals surface area contributed by atoms with Crippen molar-refractivity contribution in [2.75, 3.05) is 6.61 Å². The van der Waals surface area contributed by atoms with Gasteiger partial charge in [-0.1, -0.05) is 69.7 Å². The Balaban J connectivity index is 1.94. The first-order chi connectivity index (χ1) is 12.7. The Morgan fingerprint density at radius 3 is 2.46 bits per heavy atom. The average Bonchev–Trinajstić information content (AvgIpc) is 2.96. The molecule has 1 atom stereocenters. The Hall–Kier alpha value is -1.51. The first kappa shape index (κ1) is 19.3. The fraction of sp³-hybridized carbons (Fsp3) is 0.478. The number of benzene rings is 2. The summed E-state index contributed by atoms with van der Waals surface area (Å²) in [5.74, 6) is 0.156. The highest BCUT2D eigenvalue weighted by Gasteiger charge is 2.13. The number of hydrogen-bond acceptors (Lipinski definition) is 1. The fourth-order valence-electron chi connectivity index (χ4n) is 3.79. The molecule has 2 aromatic carbocycles. The van der Waals surface area contributed by atoms with Crippen LogP contribution in [0.3, 0.4) is 0 Å². The first-order valence-corrected chi connectivity index (χ1v) is 10.4. The maximum Gasteiger partial charge on any atom is 0.0497 e. The summed E-state index contributed by atoms with van der Waals surface area (Å²) in [7, 11) is 0. The molecule has 0 fully saturated rings. The van der Waals surface area contributed by atoms with E-state index >= 15 is 0 Å². The lowest BCUT2D eigenvalue weighted by Crippen LogP contribution is -2.01. The number of aliphatic hydroxyl groups excluding tert-OH is 1. The zero-order valence-corrected chi connectivity index (χ0v) is 16.7. The second-order valence-electron chi connectivity index (χ2n) is 7.44. The first-order valence-electron chi connectivity index (χ1n) is 9.98. The van der Waals surface area contributed by atoms with Crippen molar-refractivity contribution in [2.24, 2.45) is 0 Å². The van der Waals surface area contributed by atoms with Gasteiger partial charge in [-0.05, 0) is 36.2 Å². The lowest BCUT2D eigenvalue weighted by Gasteiger charge is -2.11. The number of aliphatic hydroxyl groups is 1. The molecular formula is C23H30ClNO. The molecule has 0 aliphatic carbocycles. The highest BCUT2D eigenvalue weighted by molar-refractivity contribution is 6.31. The van der Waals surface area contributed by atoms with E-state index in [9.17, 15) is 5.11 Å². The van der Waals surface area contributed by atoms with Gasteiger partial charge in [-0.15, -0.1) is 0 Å². The fourth-order valence-corrected chi connectivity index (χ4v) is 3.96. The van der Waals surface area contributed by atoms with Crippen LogP contribution in [0.1, 0.15) is 63.9 Å². The number of unbranched alkanes of at least 4 members (excludes halogenated alkanes) is 5. The molecule has 0 saturated heterocycles. The Morgan fingerprint density at radius 1 is 0.923 bits per heavy atom. The van der Waals surface area contributed by atoms with E-state index < -0.39 is 0 Å².